The minimum absolute atomic E-state index is 1.22. The summed E-state index contributed by atoms with van der Waals surface area (Å²) in [5, 5.41) is 2.64. The molecule has 0 radical (unpaired) electrons. The summed E-state index contributed by atoms with van der Waals surface area (Å²) in [5.41, 5.74) is 20.0. The van der Waals surface area contributed by atoms with Gasteiger partial charge in [-0.2, -0.15) is 0 Å². The van der Waals surface area contributed by atoms with E-state index < -0.39 is 0 Å². The molecule has 0 N–H and O–H groups in total. The second kappa shape index (κ2) is 12.5. The zero-order valence-electron chi connectivity index (χ0n) is 28.6. The lowest BCUT2D eigenvalue weighted by atomic mass is 9.92. The molecule has 0 heterocycles. The highest BCUT2D eigenvalue weighted by Gasteiger charge is 2.23. The molecule has 242 valence electrons. The van der Waals surface area contributed by atoms with Crippen molar-refractivity contribution in [3.8, 4) is 89.0 Å². The van der Waals surface area contributed by atoms with Gasteiger partial charge in [0.1, 0.15) is 0 Å². The zero-order chi connectivity index (χ0) is 34.4. The molecule has 0 fully saturated rings. The molecule has 0 nitrogen and oxygen atoms in total. The van der Waals surface area contributed by atoms with E-state index in [0.717, 1.165) is 0 Å². The number of hydrogen-bond acceptors (Lipinski definition) is 0. The van der Waals surface area contributed by atoms with Crippen molar-refractivity contribution in [2.45, 2.75) is 0 Å². The maximum atomic E-state index is 2.39. The third kappa shape index (κ3) is 5.25. The van der Waals surface area contributed by atoms with Gasteiger partial charge in [0.2, 0.25) is 0 Å². The summed E-state index contributed by atoms with van der Waals surface area (Å²) in [6, 6.07) is 75.4. The molecule has 0 spiro atoms. The van der Waals surface area contributed by atoms with Crippen molar-refractivity contribution in [1.82, 2.24) is 0 Å². The van der Waals surface area contributed by atoms with E-state index in [9.17, 15) is 0 Å². The summed E-state index contributed by atoms with van der Waals surface area (Å²) in [6.45, 7) is 0. The fourth-order valence-electron chi connectivity index (χ4n) is 8.05. The smallest absolute Gasteiger partial charge is 0.00201 e. The van der Waals surface area contributed by atoms with Crippen LogP contribution < -0.4 is 0 Å². The molecule has 0 saturated heterocycles. The van der Waals surface area contributed by atoms with Gasteiger partial charge in [0.05, 0.1) is 0 Å². The maximum absolute atomic E-state index is 2.39. The Labute approximate surface area is 305 Å². The summed E-state index contributed by atoms with van der Waals surface area (Å²) >= 11 is 0. The highest BCUT2D eigenvalue weighted by atomic mass is 14.3. The molecular weight excluding hydrogens is 625 g/mol. The molecule has 9 aromatic rings. The van der Waals surface area contributed by atoms with Crippen LogP contribution in [-0.4, -0.2) is 0 Å². The summed E-state index contributed by atoms with van der Waals surface area (Å²) in [4.78, 5) is 0. The Kier molecular flexibility index (Phi) is 7.25. The van der Waals surface area contributed by atoms with Crippen LogP contribution in [0.4, 0.5) is 0 Å². The van der Waals surface area contributed by atoms with Gasteiger partial charge in [0.15, 0.2) is 0 Å². The van der Waals surface area contributed by atoms with E-state index in [4.69, 9.17) is 0 Å². The molecule has 10 rings (SSSR count). The monoisotopic (exact) mass is 658 g/mol. The van der Waals surface area contributed by atoms with Crippen LogP contribution in [0.15, 0.2) is 206 Å². The molecule has 1 aliphatic carbocycles. The third-order valence-electron chi connectivity index (χ3n) is 10.6. The fraction of sp³-hybridized carbons (Fsp3) is 0. The molecule has 0 amide bonds. The summed E-state index contributed by atoms with van der Waals surface area (Å²) in [6.07, 6.45) is 0. The van der Waals surface area contributed by atoms with Crippen LogP contribution in [0, 0.1) is 0 Å². The summed E-state index contributed by atoms with van der Waals surface area (Å²) in [7, 11) is 0. The molecule has 0 heteroatoms. The third-order valence-corrected chi connectivity index (χ3v) is 10.6. The Balaban J connectivity index is 1.01. The van der Waals surface area contributed by atoms with Gasteiger partial charge in [-0.1, -0.05) is 176 Å². The minimum atomic E-state index is 1.22. The Morgan fingerprint density at radius 2 is 0.538 bits per heavy atom. The van der Waals surface area contributed by atoms with Crippen LogP contribution in [0.5, 0.6) is 0 Å². The molecular formula is C52H34. The van der Waals surface area contributed by atoms with Crippen molar-refractivity contribution in [3.63, 3.8) is 0 Å². The van der Waals surface area contributed by atoms with Crippen LogP contribution in [0.1, 0.15) is 0 Å². The molecule has 0 saturated carbocycles. The first-order valence-electron chi connectivity index (χ1n) is 18.0. The fourth-order valence-corrected chi connectivity index (χ4v) is 8.05. The number of fused-ring (bicyclic) bond motifs is 3. The number of hydrogen-bond donors (Lipinski definition) is 0. The van der Waals surface area contributed by atoms with Crippen molar-refractivity contribution >= 4 is 10.8 Å². The van der Waals surface area contributed by atoms with E-state index in [0.29, 0.717) is 0 Å². The van der Waals surface area contributed by atoms with E-state index in [2.05, 4.69) is 206 Å². The van der Waals surface area contributed by atoms with Crippen LogP contribution in [0.3, 0.4) is 0 Å². The second-order valence-electron chi connectivity index (χ2n) is 13.7. The first kappa shape index (κ1) is 30.1. The van der Waals surface area contributed by atoms with E-state index in [1.807, 2.05) is 0 Å². The Bertz CT molecular complexity index is 2770. The Morgan fingerprint density at radius 1 is 0.173 bits per heavy atom. The van der Waals surface area contributed by atoms with Gasteiger partial charge in [-0.15, -0.1) is 0 Å². The van der Waals surface area contributed by atoms with Gasteiger partial charge in [-0.3, -0.25) is 0 Å². The van der Waals surface area contributed by atoms with E-state index in [-0.39, 0.29) is 0 Å². The largest absolute Gasteiger partial charge is 0.0622 e. The van der Waals surface area contributed by atoms with Gasteiger partial charge >= 0.3 is 0 Å². The van der Waals surface area contributed by atoms with Crippen LogP contribution >= 0.6 is 0 Å². The highest BCUT2D eigenvalue weighted by molar-refractivity contribution is 6.19. The molecule has 52 heavy (non-hydrogen) atoms. The first-order valence-corrected chi connectivity index (χ1v) is 18.0. The molecule has 0 aromatic heterocycles. The predicted octanol–water partition coefficient (Wildman–Crippen LogP) is 14.5. The average Bonchev–Trinajstić information content (AvgIpc) is 3.56. The Hall–Kier alpha value is -6.76. The van der Waals surface area contributed by atoms with Gasteiger partial charge < -0.3 is 0 Å². The van der Waals surface area contributed by atoms with Crippen molar-refractivity contribution in [1.29, 1.82) is 0 Å². The molecule has 0 atom stereocenters. The molecule has 9 aromatic carbocycles. The normalized spacial score (nSPS) is 11.5. The topological polar surface area (TPSA) is 0 Å². The molecule has 1 aliphatic rings. The minimum Gasteiger partial charge on any atom is -0.0622 e. The molecule has 0 unspecified atom stereocenters. The molecule has 0 aliphatic heterocycles. The maximum Gasteiger partial charge on any atom is -0.00201 e. The molecule has 0 bridgehead atoms. The highest BCUT2D eigenvalue weighted by Crippen LogP contribution is 2.50. The van der Waals surface area contributed by atoms with Gasteiger partial charge in [-0.25, -0.2) is 0 Å². The second-order valence-corrected chi connectivity index (χ2v) is 13.7. The van der Waals surface area contributed by atoms with E-state index in [1.165, 1.54) is 99.8 Å². The van der Waals surface area contributed by atoms with Crippen molar-refractivity contribution in [3.05, 3.63) is 206 Å². The standard InChI is InChI=1S/C52H34/c1-3-12-35(13-4-1)37-16-7-18-39(30-37)41-20-9-21-42(32-41)44-26-27-47-50-29-28-46(48-24-11-25-49(52(48)50)51(47)34-44)45-23-10-22-43(33-45)40-19-8-17-38(31-40)36-14-5-2-6-15-36/h1-34H. The van der Waals surface area contributed by atoms with Crippen LogP contribution in [-0.2, 0) is 0 Å². The van der Waals surface area contributed by atoms with Crippen molar-refractivity contribution < 1.29 is 0 Å². The Morgan fingerprint density at radius 3 is 1.08 bits per heavy atom. The van der Waals surface area contributed by atoms with Gasteiger partial charge in [0.25, 0.3) is 0 Å². The lowest BCUT2D eigenvalue weighted by molar-refractivity contribution is 1.57. The summed E-state index contributed by atoms with van der Waals surface area (Å²) in [5.74, 6) is 0. The number of rotatable bonds is 6. The predicted molar refractivity (Wildman–Crippen MR) is 221 cm³/mol. The quantitative estimate of drug-likeness (QED) is 0.167. The van der Waals surface area contributed by atoms with Crippen LogP contribution in [0.25, 0.3) is 99.8 Å². The lowest BCUT2D eigenvalue weighted by Crippen LogP contribution is -1.86. The zero-order valence-corrected chi connectivity index (χ0v) is 28.6. The van der Waals surface area contributed by atoms with E-state index in [1.54, 1.807) is 0 Å². The van der Waals surface area contributed by atoms with Crippen LogP contribution in [0.2, 0.25) is 0 Å². The van der Waals surface area contributed by atoms with Gasteiger partial charge in [0, 0.05) is 0 Å². The average molecular weight is 659 g/mol. The first-order chi connectivity index (χ1) is 25.8. The van der Waals surface area contributed by atoms with E-state index >= 15 is 0 Å². The van der Waals surface area contributed by atoms with Gasteiger partial charge in [-0.05, 0) is 130 Å². The lowest BCUT2D eigenvalue weighted by Gasteiger charge is -2.12. The summed E-state index contributed by atoms with van der Waals surface area (Å²) < 4.78 is 0. The van der Waals surface area contributed by atoms with Crippen molar-refractivity contribution in [2.75, 3.05) is 0 Å². The SMILES string of the molecule is c1ccc(-c2cccc(-c3cccc(-c4ccc5c(c4)-c4cccc6c(-c7cccc(-c8cccc(-c9ccccc9)c8)c7)ccc-5c46)c3)c2)cc1. The number of benzene rings is 9. The van der Waals surface area contributed by atoms with Crippen molar-refractivity contribution in [2.24, 2.45) is 0 Å².